The van der Waals surface area contributed by atoms with Gasteiger partial charge in [-0.05, 0) is 37.6 Å². The maximum Gasteiger partial charge on any atom is 0.246 e. The SMILES string of the molecule is Cc1cc(-c2noc(Cn3c(C)nc(C#N)c3C#N)n2)ccc1F. The topological polar surface area (TPSA) is 104 Å². The van der Waals surface area contributed by atoms with E-state index in [0.29, 0.717) is 22.8 Å². The summed E-state index contributed by atoms with van der Waals surface area (Å²) >= 11 is 0. The number of aryl methyl sites for hydroxylation is 2. The molecule has 0 amide bonds. The highest BCUT2D eigenvalue weighted by molar-refractivity contribution is 5.55. The second-order valence-corrected chi connectivity index (χ2v) is 5.14. The first-order valence-electron chi connectivity index (χ1n) is 7.00. The molecule has 24 heavy (non-hydrogen) atoms. The van der Waals surface area contributed by atoms with E-state index < -0.39 is 0 Å². The first-order chi connectivity index (χ1) is 11.5. The van der Waals surface area contributed by atoms with Gasteiger partial charge in [0, 0.05) is 5.56 Å². The molecule has 8 heteroatoms. The maximum atomic E-state index is 13.3. The minimum absolute atomic E-state index is 0.0592. The number of imidazole rings is 1. The lowest BCUT2D eigenvalue weighted by atomic mass is 10.1. The summed E-state index contributed by atoms with van der Waals surface area (Å²) in [5.74, 6) is 0.776. The van der Waals surface area contributed by atoms with Crippen LogP contribution in [0, 0.1) is 42.3 Å². The van der Waals surface area contributed by atoms with E-state index in [1.807, 2.05) is 12.1 Å². The highest BCUT2D eigenvalue weighted by atomic mass is 19.1. The molecular formula is C16H11FN6O. The van der Waals surface area contributed by atoms with Gasteiger partial charge in [-0.25, -0.2) is 9.37 Å². The molecule has 0 atom stereocenters. The first-order valence-corrected chi connectivity index (χ1v) is 7.00. The number of nitriles is 2. The van der Waals surface area contributed by atoms with E-state index in [1.54, 1.807) is 26.0 Å². The molecule has 0 bridgehead atoms. The van der Waals surface area contributed by atoms with Gasteiger partial charge in [-0.2, -0.15) is 15.5 Å². The number of hydrogen-bond donors (Lipinski definition) is 0. The number of hydrogen-bond acceptors (Lipinski definition) is 6. The van der Waals surface area contributed by atoms with E-state index in [0.717, 1.165) is 0 Å². The molecule has 0 spiro atoms. The van der Waals surface area contributed by atoms with Crippen LogP contribution < -0.4 is 0 Å². The predicted molar refractivity (Wildman–Crippen MR) is 79.9 cm³/mol. The lowest BCUT2D eigenvalue weighted by Crippen LogP contribution is -2.05. The number of benzene rings is 1. The molecule has 0 saturated heterocycles. The van der Waals surface area contributed by atoms with Crippen LogP contribution in [0.2, 0.25) is 0 Å². The van der Waals surface area contributed by atoms with Crippen LogP contribution in [0.3, 0.4) is 0 Å². The van der Waals surface area contributed by atoms with Crippen molar-refractivity contribution in [2.24, 2.45) is 0 Å². The van der Waals surface area contributed by atoms with Crippen LogP contribution in [0.25, 0.3) is 11.4 Å². The van der Waals surface area contributed by atoms with Crippen LogP contribution in [0.15, 0.2) is 22.7 Å². The summed E-state index contributed by atoms with van der Waals surface area (Å²) in [5, 5.41) is 22.1. The molecule has 0 saturated carbocycles. The van der Waals surface area contributed by atoms with E-state index in [1.165, 1.54) is 10.6 Å². The summed E-state index contributed by atoms with van der Waals surface area (Å²) in [4.78, 5) is 8.29. The molecule has 0 radical (unpaired) electrons. The molecule has 0 fully saturated rings. The normalized spacial score (nSPS) is 10.4. The third-order valence-electron chi connectivity index (χ3n) is 3.55. The van der Waals surface area contributed by atoms with Gasteiger partial charge in [-0.1, -0.05) is 5.16 Å². The number of rotatable bonds is 3. The fraction of sp³-hybridized carbons (Fsp3) is 0.188. The van der Waals surface area contributed by atoms with Gasteiger partial charge in [-0.3, -0.25) is 0 Å². The Bertz CT molecular complexity index is 1000. The fourth-order valence-corrected chi connectivity index (χ4v) is 2.30. The van der Waals surface area contributed by atoms with Crippen molar-refractivity contribution in [2.75, 3.05) is 0 Å². The van der Waals surface area contributed by atoms with Crippen LogP contribution in [0.5, 0.6) is 0 Å². The molecule has 0 N–H and O–H groups in total. The van der Waals surface area contributed by atoms with Gasteiger partial charge in [0.15, 0.2) is 11.4 Å². The van der Waals surface area contributed by atoms with Gasteiger partial charge in [0.25, 0.3) is 0 Å². The Morgan fingerprint density at radius 1 is 1.21 bits per heavy atom. The van der Waals surface area contributed by atoms with Crippen LogP contribution in [-0.2, 0) is 6.54 Å². The highest BCUT2D eigenvalue weighted by Crippen LogP contribution is 2.20. The van der Waals surface area contributed by atoms with Crippen molar-refractivity contribution in [1.82, 2.24) is 19.7 Å². The zero-order valence-electron chi connectivity index (χ0n) is 12.9. The van der Waals surface area contributed by atoms with Crippen molar-refractivity contribution < 1.29 is 8.91 Å². The lowest BCUT2D eigenvalue weighted by Gasteiger charge is -2.01. The van der Waals surface area contributed by atoms with E-state index in [4.69, 9.17) is 9.78 Å². The molecule has 3 aromatic rings. The van der Waals surface area contributed by atoms with Gasteiger partial charge in [0.2, 0.25) is 11.7 Å². The minimum Gasteiger partial charge on any atom is -0.337 e. The molecule has 2 heterocycles. The minimum atomic E-state index is -0.306. The van der Waals surface area contributed by atoms with Gasteiger partial charge in [0.05, 0.1) is 0 Å². The molecule has 2 aromatic heterocycles. The molecule has 3 rings (SSSR count). The van der Waals surface area contributed by atoms with Gasteiger partial charge < -0.3 is 9.09 Å². The average Bonchev–Trinajstić information content (AvgIpc) is 3.15. The number of nitrogens with zero attached hydrogens (tertiary/aromatic N) is 6. The first kappa shape index (κ1) is 15.4. The van der Waals surface area contributed by atoms with E-state index in [2.05, 4.69) is 15.1 Å². The zero-order chi connectivity index (χ0) is 17.3. The van der Waals surface area contributed by atoms with Crippen LogP contribution in [0.1, 0.15) is 28.7 Å². The van der Waals surface area contributed by atoms with Crippen molar-refractivity contribution >= 4 is 0 Å². The summed E-state index contributed by atoms with van der Waals surface area (Å²) in [5.41, 5.74) is 1.32. The Morgan fingerprint density at radius 2 is 2.00 bits per heavy atom. The van der Waals surface area contributed by atoms with E-state index in [-0.39, 0.29) is 29.6 Å². The van der Waals surface area contributed by atoms with Crippen LogP contribution in [0.4, 0.5) is 4.39 Å². The maximum absolute atomic E-state index is 13.3. The fourth-order valence-electron chi connectivity index (χ4n) is 2.30. The van der Waals surface area contributed by atoms with Crippen molar-refractivity contribution in [2.45, 2.75) is 20.4 Å². The standard InChI is InChI=1S/C16H11FN6O/c1-9-5-11(3-4-12(9)17)16-21-15(24-22-16)8-23-10(2)20-13(6-18)14(23)7-19/h3-5H,8H2,1-2H3. The summed E-state index contributed by atoms with van der Waals surface area (Å²) in [6, 6.07) is 8.36. The number of halogens is 1. The van der Waals surface area contributed by atoms with E-state index in [9.17, 15) is 9.65 Å². The van der Waals surface area contributed by atoms with Crippen LogP contribution in [-0.4, -0.2) is 19.7 Å². The molecular weight excluding hydrogens is 311 g/mol. The Labute approximate surface area is 136 Å². The molecule has 7 nitrogen and oxygen atoms in total. The smallest absolute Gasteiger partial charge is 0.246 e. The second kappa shape index (κ2) is 5.94. The number of aromatic nitrogens is 4. The Hall–Kier alpha value is -3.52. The predicted octanol–water partition coefficient (Wildman–Crippen LogP) is 2.48. The lowest BCUT2D eigenvalue weighted by molar-refractivity contribution is 0.370. The van der Waals surface area contributed by atoms with E-state index >= 15 is 0 Å². The van der Waals surface area contributed by atoms with Gasteiger partial charge in [-0.15, -0.1) is 0 Å². The van der Waals surface area contributed by atoms with Crippen molar-refractivity contribution in [1.29, 1.82) is 10.5 Å². The van der Waals surface area contributed by atoms with Crippen molar-refractivity contribution in [3.8, 4) is 23.5 Å². The Morgan fingerprint density at radius 3 is 2.67 bits per heavy atom. The molecule has 118 valence electrons. The monoisotopic (exact) mass is 322 g/mol. The quantitative estimate of drug-likeness (QED) is 0.733. The highest BCUT2D eigenvalue weighted by Gasteiger charge is 2.17. The van der Waals surface area contributed by atoms with Gasteiger partial charge >= 0.3 is 0 Å². The van der Waals surface area contributed by atoms with Crippen molar-refractivity contribution in [3.05, 3.63) is 52.7 Å². The Balaban J connectivity index is 1.93. The molecule has 0 unspecified atom stereocenters. The molecule has 0 aliphatic rings. The summed E-state index contributed by atoms with van der Waals surface area (Å²) in [6.07, 6.45) is 0. The summed E-state index contributed by atoms with van der Waals surface area (Å²) in [6.45, 7) is 3.45. The van der Waals surface area contributed by atoms with Crippen molar-refractivity contribution in [3.63, 3.8) is 0 Å². The largest absolute Gasteiger partial charge is 0.337 e. The van der Waals surface area contributed by atoms with Gasteiger partial charge in [0.1, 0.15) is 30.3 Å². The second-order valence-electron chi connectivity index (χ2n) is 5.14. The third-order valence-corrected chi connectivity index (χ3v) is 3.55. The van der Waals surface area contributed by atoms with Crippen LogP contribution >= 0.6 is 0 Å². The zero-order valence-corrected chi connectivity index (χ0v) is 12.9. The molecule has 1 aromatic carbocycles. The summed E-state index contributed by atoms with van der Waals surface area (Å²) in [7, 11) is 0. The third kappa shape index (κ3) is 2.61. The molecule has 0 aliphatic carbocycles. The summed E-state index contributed by atoms with van der Waals surface area (Å²) < 4.78 is 20.1. The Kier molecular flexibility index (Phi) is 3.80. The molecule has 0 aliphatic heterocycles. The average molecular weight is 322 g/mol.